The summed E-state index contributed by atoms with van der Waals surface area (Å²) in [5.74, 6) is -0.0971. The maximum Gasteiger partial charge on any atom is 0.258 e. The Bertz CT molecular complexity index is 1090. The molecule has 27 heavy (non-hydrogen) atoms. The van der Waals surface area contributed by atoms with Gasteiger partial charge in [-0.05, 0) is 39.0 Å². The lowest BCUT2D eigenvalue weighted by Gasteiger charge is -2.22. The first-order valence-corrected chi connectivity index (χ1v) is 10.3. The third-order valence-electron chi connectivity index (χ3n) is 5.04. The van der Waals surface area contributed by atoms with E-state index in [9.17, 15) is 13.2 Å². The number of carbonyl (C=O) groups excluding carboxylic acids is 1. The predicted octanol–water partition coefficient (Wildman–Crippen LogP) is 2.65. The number of oxime groups is 1. The summed E-state index contributed by atoms with van der Waals surface area (Å²) in [7, 11) is -3.79. The van der Waals surface area contributed by atoms with Crippen molar-refractivity contribution in [2.24, 2.45) is 5.16 Å². The van der Waals surface area contributed by atoms with E-state index in [0.29, 0.717) is 29.3 Å². The Balaban J connectivity index is 1.73. The highest BCUT2D eigenvalue weighted by atomic mass is 32.2. The number of carbonyl (C=O) groups is 1. The molecule has 7 nitrogen and oxygen atoms in total. The Labute approximate surface area is 158 Å². The molecule has 4 rings (SSSR count). The Hall–Kier alpha value is -2.45. The van der Waals surface area contributed by atoms with Crippen LogP contribution in [0.3, 0.4) is 0 Å². The minimum absolute atomic E-state index is 0.0971. The molecule has 1 atom stereocenters. The summed E-state index contributed by atoms with van der Waals surface area (Å²) in [5.41, 5.74) is 1.43. The summed E-state index contributed by atoms with van der Waals surface area (Å²) in [6, 6.07) is 8.46. The van der Waals surface area contributed by atoms with Crippen LogP contribution in [0, 0.1) is 0 Å². The third kappa shape index (κ3) is 2.80. The molecule has 0 radical (unpaired) electrons. The van der Waals surface area contributed by atoms with Crippen LogP contribution in [0.5, 0.6) is 0 Å². The van der Waals surface area contributed by atoms with Crippen molar-refractivity contribution in [3.63, 3.8) is 0 Å². The van der Waals surface area contributed by atoms with Gasteiger partial charge < -0.3 is 9.74 Å². The van der Waals surface area contributed by atoms with E-state index in [1.807, 2.05) is 20.8 Å². The van der Waals surface area contributed by atoms with Crippen molar-refractivity contribution in [1.29, 1.82) is 0 Å². The molecule has 1 N–H and O–H groups in total. The van der Waals surface area contributed by atoms with Crippen LogP contribution < -0.4 is 9.62 Å². The molecule has 2 heterocycles. The van der Waals surface area contributed by atoms with E-state index in [1.54, 1.807) is 35.2 Å². The zero-order valence-electron chi connectivity index (χ0n) is 15.4. The number of hydrogen-bond donors (Lipinski definition) is 1. The topological polar surface area (TPSA) is 88.1 Å². The van der Waals surface area contributed by atoms with Crippen LogP contribution in [0.15, 0.2) is 40.4 Å². The smallest absolute Gasteiger partial charge is 0.258 e. The molecule has 0 aromatic heterocycles. The van der Waals surface area contributed by atoms with Gasteiger partial charge in [-0.25, -0.2) is 13.1 Å². The van der Waals surface area contributed by atoms with Crippen molar-refractivity contribution < 1.29 is 18.0 Å². The SMILES string of the molecule is CCN1C(=O)c2cccc3c(S(=O)(=O)NCC4(C)CC(C)=NO4)ccc1c23. The van der Waals surface area contributed by atoms with Gasteiger partial charge in [-0.15, -0.1) is 0 Å². The minimum Gasteiger partial charge on any atom is -0.388 e. The second-order valence-electron chi connectivity index (χ2n) is 7.23. The number of amides is 1. The normalized spacial score (nSPS) is 21.7. The highest BCUT2D eigenvalue weighted by Gasteiger charge is 2.35. The van der Waals surface area contributed by atoms with Crippen molar-refractivity contribution in [2.45, 2.75) is 37.7 Å². The lowest BCUT2D eigenvalue weighted by atomic mass is 10.0. The summed E-state index contributed by atoms with van der Waals surface area (Å²) >= 11 is 0. The van der Waals surface area contributed by atoms with Gasteiger partial charge in [0.05, 0.1) is 22.8 Å². The van der Waals surface area contributed by atoms with Crippen LogP contribution in [-0.4, -0.2) is 38.7 Å². The number of benzene rings is 2. The molecule has 0 saturated heterocycles. The van der Waals surface area contributed by atoms with Crippen molar-refractivity contribution in [1.82, 2.24) is 4.72 Å². The van der Waals surface area contributed by atoms with Gasteiger partial charge in [0, 0.05) is 29.3 Å². The van der Waals surface area contributed by atoms with E-state index < -0.39 is 15.6 Å². The summed E-state index contributed by atoms with van der Waals surface area (Å²) < 4.78 is 28.6. The van der Waals surface area contributed by atoms with Crippen molar-refractivity contribution in [3.8, 4) is 0 Å². The molecule has 0 saturated carbocycles. The molecule has 2 aromatic carbocycles. The predicted molar refractivity (Wildman–Crippen MR) is 104 cm³/mol. The highest BCUT2D eigenvalue weighted by molar-refractivity contribution is 7.89. The molecule has 2 aliphatic rings. The van der Waals surface area contributed by atoms with Crippen LogP contribution in [-0.2, 0) is 14.9 Å². The minimum atomic E-state index is -3.79. The van der Waals surface area contributed by atoms with Crippen LogP contribution >= 0.6 is 0 Å². The van der Waals surface area contributed by atoms with E-state index in [0.717, 1.165) is 11.4 Å². The van der Waals surface area contributed by atoms with Gasteiger partial charge in [0.25, 0.3) is 5.91 Å². The standard InChI is InChI=1S/C19H21N3O4S/c1-4-22-15-8-9-16(13-6-5-7-14(17(13)15)18(22)23)27(24,25)20-11-19(3)10-12(2)21-26-19/h5-9,20H,4,10-11H2,1-3H3. The van der Waals surface area contributed by atoms with Gasteiger partial charge >= 0.3 is 0 Å². The number of anilines is 1. The fraction of sp³-hybridized carbons (Fsp3) is 0.368. The molecule has 2 aliphatic heterocycles. The van der Waals surface area contributed by atoms with E-state index >= 15 is 0 Å². The number of hydrogen-bond acceptors (Lipinski definition) is 5. The number of nitrogens with zero attached hydrogens (tertiary/aromatic N) is 2. The zero-order valence-corrected chi connectivity index (χ0v) is 16.3. The lowest BCUT2D eigenvalue weighted by Crippen LogP contribution is -2.40. The molecule has 0 bridgehead atoms. The summed E-state index contributed by atoms with van der Waals surface area (Å²) in [5, 5.41) is 5.15. The van der Waals surface area contributed by atoms with Crippen molar-refractivity contribution in [2.75, 3.05) is 18.0 Å². The average molecular weight is 387 g/mol. The summed E-state index contributed by atoms with van der Waals surface area (Å²) in [6.45, 7) is 6.20. The summed E-state index contributed by atoms with van der Waals surface area (Å²) in [4.78, 5) is 19.8. The highest BCUT2D eigenvalue weighted by Crippen LogP contribution is 2.40. The van der Waals surface area contributed by atoms with Gasteiger partial charge in [0.2, 0.25) is 10.0 Å². The number of sulfonamides is 1. The fourth-order valence-electron chi connectivity index (χ4n) is 3.78. The van der Waals surface area contributed by atoms with Gasteiger partial charge in [0.15, 0.2) is 5.60 Å². The molecule has 0 fully saturated rings. The first-order valence-electron chi connectivity index (χ1n) is 8.85. The largest absolute Gasteiger partial charge is 0.388 e. The molecular weight excluding hydrogens is 366 g/mol. The molecule has 142 valence electrons. The third-order valence-corrected chi connectivity index (χ3v) is 6.50. The molecule has 8 heteroatoms. The maximum atomic E-state index is 13.0. The number of rotatable bonds is 5. The van der Waals surface area contributed by atoms with Crippen LogP contribution in [0.1, 0.15) is 37.6 Å². The molecule has 1 amide bonds. The molecule has 0 aliphatic carbocycles. The molecule has 1 unspecified atom stereocenters. The quantitative estimate of drug-likeness (QED) is 0.854. The molecular formula is C19H21N3O4S. The van der Waals surface area contributed by atoms with E-state index in [1.165, 1.54) is 0 Å². The monoisotopic (exact) mass is 387 g/mol. The zero-order chi connectivity index (χ0) is 19.4. The van der Waals surface area contributed by atoms with Gasteiger partial charge in [-0.2, -0.15) is 0 Å². The van der Waals surface area contributed by atoms with E-state index in [-0.39, 0.29) is 17.3 Å². The van der Waals surface area contributed by atoms with Crippen LogP contribution in [0.2, 0.25) is 0 Å². The van der Waals surface area contributed by atoms with Crippen LogP contribution in [0.4, 0.5) is 5.69 Å². The fourth-order valence-corrected chi connectivity index (χ4v) is 5.14. The molecule has 0 spiro atoms. The van der Waals surface area contributed by atoms with Crippen molar-refractivity contribution in [3.05, 3.63) is 35.9 Å². The lowest BCUT2D eigenvalue weighted by molar-refractivity contribution is 0.00146. The Morgan fingerprint density at radius 2 is 2.07 bits per heavy atom. The maximum absolute atomic E-state index is 13.0. The Kier molecular flexibility index (Phi) is 4.01. The Morgan fingerprint density at radius 3 is 2.74 bits per heavy atom. The van der Waals surface area contributed by atoms with Gasteiger partial charge in [-0.1, -0.05) is 17.3 Å². The van der Waals surface area contributed by atoms with Gasteiger partial charge in [-0.3, -0.25) is 4.79 Å². The van der Waals surface area contributed by atoms with Gasteiger partial charge in [0.1, 0.15) is 0 Å². The van der Waals surface area contributed by atoms with E-state index in [2.05, 4.69) is 9.88 Å². The Morgan fingerprint density at radius 1 is 1.30 bits per heavy atom. The number of nitrogens with one attached hydrogen (secondary N) is 1. The van der Waals surface area contributed by atoms with Crippen LogP contribution in [0.25, 0.3) is 10.8 Å². The molecule has 2 aromatic rings. The second-order valence-corrected chi connectivity index (χ2v) is 8.96. The van der Waals surface area contributed by atoms with Crippen molar-refractivity contribution >= 4 is 38.1 Å². The second kappa shape index (κ2) is 6.03. The van der Waals surface area contributed by atoms with E-state index in [4.69, 9.17) is 4.84 Å². The first kappa shape index (κ1) is 17.9. The summed E-state index contributed by atoms with van der Waals surface area (Å²) in [6.07, 6.45) is 0.569. The first-order chi connectivity index (χ1) is 12.8. The average Bonchev–Trinajstić information content (AvgIpc) is 3.12.